The van der Waals surface area contributed by atoms with Crippen LogP contribution in [0, 0.1) is 11.8 Å². The number of esters is 1. The third kappa shape index (κ3) is 3.39. The molecule has 3 nitrogen and oxygen atoms in total. The molecule has 3 atom stereocenters. The van der Waals surface area contributed by atoms with E-state index in [0.29, 0.717) is 35.7 Å². The van der Waals surface area contributed by atoms with E-state index in [1.807, 2.05) is 18.2 Å². The van der Waals surface area contributed by atoms with Gasteiger partial charge >= 0.3 is 5.97 Å². The second kappa shape index (κ2) is 6.69. The molecule has 0 aliphatic heterocycles. The van der Waals surface area contributed by atoms with Gasteiger partial charge in [-0.05, 0) is 60.8 Å². The zero-order valence-corrected chi connectivity index (χ0v) is 13.9. The van der Waals surface area contributed by atoms with Crippen molar-refractivity contribution in [3.8, 4) is 5.75 Å². The summed E-state index contributed by atoms with van der Waals surface area (Å²) in [5.41, 5.74) is 2.70. The molecule has 0 radical (unpaired) electrons. The van der Waals surface area contributed by atoms with Gasteiger partial charge in [-0.15, -0.1) is 0 Å². The van der Waals surface area contributed by atoms with Crippen LogP contribution in [0.1, 0.15) is 57.4 Å². The van der Waals surface area contributed by atoms with Crippen LogP contribution >= 0.6 is 0 Å². The van der Waals surface area contributed by atoms with Gasteiger partial charge in [0, 0.05) is 13.3 Å². The first kappa shape index (κ1) is 16.0. The summed E-state index contributed by atoms with van der Waals surface area (Å²) in [6, 6.07) is 7.96. The Morgan fingerprint density at radius 1 is 1.13 bits per heavy atom. The Kier molecular flexibility index (Phi) is 4.65. The Hall–Kier alpha value is -1.90. The number of allylic oxidation sites excluding steroid dienone is 2. The first-order valence-electron chi connectivity index (χ1n) is 8.60. The highest BCUT2D eigenvalue weighted by Gasteiger charge is 2.37. The van der Waals surface area contributed by atoms with Crippen LogP contribution in [0.4, 0.5) is 0 Å². The Morgan fingerprint density at radius 2 is 1.83 bits per heavy atom. The molecule has 0 aromatic heterocycles. The number of hydrogen-bond acceptors (Lipinski definition) is 3. The van der Waals surface area contributed by atoms with Crippen LogP contribution in [0.25, 0.3) is 0 Å². The lowest BCUT2D eigenvalue weighted by Crippen LogP contribution is -2.31. The third-order valence-corrected chi connectivity index (χ3v) is 5.34. The van der Waals surface area contributed by atoms with Gasteiger partial charge < -0.3 is 4.74 Å². The van der Waals surface area contributed by atoms with Crippen LogP contribution in [0.15, 0.2) is 35.9 Å². The van der Waals surface area contributed by atoms with Crippen LogP contribution in [0.5, 0.6) is 5.75 Å². The molecular formula is C20H24O3. The Morgan fingerprint density at radius 3 is 2.48 bits per heavy atom. The number of carbonyl (C=O) groups excluding carboxylic acids is 2. The fraction of sp³-hybridized carbons (Fsp3) is 0.500. The predicted octanol–water partition coefficient (Wildman–Crippen LogP) is 4.42. The van der Waals surface area contributed by atoms with E-state index >= 15 is 0 Å². The molecule has 1 saturated carbocycles. The van der Waals surface area contributed by atoms with Crippen molar-refractivity contribution >= 4 is 11.8 Å². The molecule has 2 aliphatic carbocycles. The molecule has 0 amide bonds. The maximum Gasteiger partial charge on any atom is 0.308 e. The van der Waals surface area contributed by atoms with Gasteiger partial charge in [0.15, 0.2) is 5.78 Å². The number of carbonyl (C=O) groups is 2. The number of benzene rings is 1. The van der Waals surface area contributed by atoms with E-state index in [2.05, 4.69) is 19.1 Å². The summed E-state index contributed by atoms with van der Waals surface area (Å²) in [6.07, 6.45) is 6.88. The van der Waals surface area contributed by atoms with E-state index in [1.54, 1.807) is 0 Å². The lowest BCUT2D eigenvalue weighted by Gasteiger charge is -2.41. The second-order valence-corrected chi connectivity index (χ2v) is 6.71. The summed E-state index contributed by atoms with van der Waals surface area (Å²) in [6.45, 7) is 3.67. The molecule has 1 aromatic rings. The van der Waals surface area contributed by atoms with E-state index in [0.717, 1.165) is 25.7 Å². The molecule has 122 valence electrons. The van der Waals surface area contributed by atoms with E-state index < -0.39 is 0 Å². The molecule has 0 bridgehead atoms. The van der Waals surface area contributed by atoms with Gasteiger partial charge in [0.25, 0.3) is 0 Å². The number of hydrogen-bond donors (Lipinski definition) is 0. The number of fused-ring (bicyclic) bond motifs is 1. The van der Waals surface area contributed by atoms with Crippen LogP contribution in [0.2, 0.25) is 0 Å². The average Bonchev–Trinajstić information content (AvgIpc) is 2.54. The molecular weight excluding hydrogens is 288 g/mol. The lowest BCUT2D eigenvalue weighted by atomic mass is 9.63. The Labute approximate surface area is 137 Å². The van der Waals surface area contributed by atoms with Gasteiger partial charge in [0.05, 0.1) is 0 Å². The molecule has 3 rings (SSSR count). The Bertz CT molecular complexity index is 627. The van der Waals surface area contributed by atoms with Crippen molar-refractivity contribution < 1.29 is 14.3 Å². The third-order valence-electron chi connectivity index (χ3n) is 5.34. The molecule has 0 N–H and O–H groups in total. The monoisotopic (exact) mass is 312 g/mol. The van der Waals surface area contributed by atoms with E-state index in [1.165, 1.54) is 18.1 Å². The first-order valence-corrected chi connectivity index (χ1v) is 8.60. The van der Waals surface area contributed by atoms with Crippen molar-refractivity contribution in [1.82, 2.24) is 0 Å². The molecule has 1 fully saturated rings. The van der Waals surface area contributed by atoms with Crippen LogP contribution in [-0.4, -0.2) is 11.8 Å². The van der Waals surface area contributed by atoms with Crippen molar-refractivity contribution in [1.29, 1.82) is 0 Å². The van der Waals surface area contributed by atoms with Crippen LogP contribution in [-0.2, 0) is 9.59 Å². The molecule has 3 unspecified atom stereocenters. The van der Waals surface area contributed by atoms with E-state index in [9.17, 15) is 9.59 Å². The molecule has 2 aliphatic rings. The molecule has 23 heavy (non-hydrogen) atoms. The summed E-state index contributed by atoms with van der Waals surface area (Å²) >= 11 is 0. The second-order valence-electron chi connectivity index (χ2n) is 6.71. The minimum Gasteiger partial charge on any atom is -0.427 e. The normalized spacial score (nSPS) is 27.1. The topological polar surface area (TPSA) is 43.4 Å². The van der Waals surface area contributed by atoms with Crippen molar-refractivity contribution in [2.45, 2.75) is 51.9 Å². The smallest absolute Gasteiger partial charge is 0.308 e. The molecule has 1 aromatic carbocycles. The lowest BCUT2D eigenvalue weighted by molar-refractivity contribution is -0.131. The van der Waals surface area contributed by atoms with E-state index in [4.69, 9.17) is 4.74 Å². The first-order chi connectivity index (χ1) is 11.1. The quantitative estimate of drug-likeness (QED) is 0.613. The van der Waals surface area contributed by atoms with Gasteiger partial charge in [-0.1, -0.05) is 31.1 Å². The maximum absolute atomic E-state index is 11.7. The zero-order chi connectivity index (χ0) is 16.4. The molecule has 0 heterocycles. The summed E-state index contributed by atoms with van der Waals surface area (Å²) in [7, 11) is 0. The number of rotatable bonds is 3. The van der Waals surface area contributed by atoms with E-state index in [-0.39, 0.29) is 5.97 Å². The minimum absolute atomic E-state index is 0.288. The summed E-state index contributed by atoms with van der Waals surface area (Å²) in [4.78, 5) is 22.7. The van der Waals surface area contributed by atoms with Crippen molar-refractivity contribution in [2.75, 3.05) is 0 Å². The fourth-order valence-electron chi connectivity index (χ4n) is 4.36. The van der Waals surface area contributed by atoms with Gasteiger partial charge in [0.1, 0.15) is 5.75 Å². The van der Waals surface area contributed by atoms with Gasteiger partial charge in [-0.3, -0.25) is 9.59 Å². The van der Waals surface area contributed by atoms with Crippen LogP contribution < -0.4 is 4.74 Å². The number of ether oxygens (including phenoxy) is 1. The van der Waals surface area contributed by atoms with Crippen molar-refractivity contribution in [3.05, 3.63) is 41.5 Å². The van der Waals surface area contributed by atoms with Crippen molar-refractivity contribution in [3.63, 3.8) is 0 Å². The molecule has 0 spiro atoms. The van der Waals surface area contributed by atoms with Crippen molar-refractivity contribution in [2.24, 2.45) is 11.8 Å². The van der Waals surface area contributed by atoms with Gasteiger partial charge in [-0.25, -0.2) is 0 Å². The summed E-state index contributed by atoms with van der Waals surface area (Å²) < 4.78 is 5.12. The van der Waals surface area contributed by atoms with Gasteiger partial charge in [0.2, 0.25) is 0 Å². The molecule has 3 heteroatoms. The Balaban J connectivity index is 1.81. The average molecular weight is 312 g/mol. The number of ketones is 1. The van der Waals surface area contributed by atoms with Gasteiger partial charge in [-0.2, -0.15) is 0 Å². The largest absolute Gasteiger partial charge is 0.427 e. The highest BCUT2D eigenvalue weighted by atomic mass is 16.5. The van der Waals surface area contributed by atoms with Crippen LogP contribution in [0.3, 0.4) is 0 Å². The predicted molar refractivity (Wildman–Crippen MR) is 89.3 cm³/mol. The maximum atomic E-state index is 11.7. The standard InChI is InChI=1S/C20H24O3/c1-3-18-19(10-6-15-12-16(22)7-11-20(15)18)14-4-8-17(9-5-14)23-13(2)21/h4-5,8-9,12,18-20H,3,6-7,10-11H2,1-2H3. The highest BCUT2D eigenvalue weighted by molar-refractivity contribution is 5.91. The highest BCUT2D eigenvalue weighted by Crippen LogP contribution is 2.48. The molecule has 0 saturated heterocycles. The fourth-order valence-corrected chi connectivity index (χ4v) is 4.36. The SMILES string of the molecule is CCC1C2CCC(=O)C=C2CCC1c1ccc(OC(C)=O)cc1. The zero-order valence-electron chi connectivity index (χ0n) is 13.9. The minimum atomic E-state index is -0.288. The summed E-state index contributed by atoms with van der Waals surface area (Å²) in [5.74, 6) is 2.31. The summed E-state index contributed by atoms with van der Waals surface area (Å²) in [5, 5.41) is 0.